The molecule has 5 amide bonds. The van der Waals surface area contributed by atoms with Gasteiger partial charge in [0, 0.05) is 25.2 Å². The summed E-state index contributed by atoms with van der Waals surface area (Å²) in [7, 11) is 0. The first kappa shape index (κ1) is 22.1. The molecule has 0 unspecified atom stereocenters. The fraction of sp³-hybridized carbons (Fsp3) is 0.304. The summed E-state index contributed by atoms with van der Waals surface area (Å²) in [6.07, 6.45) is 1.50. The van der Waals surface area contributed by atoms with Gasteiger partial charge in [0.15, 0.2) is 0 Å². The predicted octanol–water partition coefficient (Wildman–Crippen LogP) is 1.20. The first-order chi connectivity index (χ1) is 15.7. The van der Waals surface area contributed by atoms with Crippen LogP contribution in [0.5, 0.6) is 5.88 Å². The fourth-order valence-corrected chi connectivity index (χ4v) is 3.89. The van der Waals surface area contributed by atoms with E-state index in [1.807, 2.05) is 6.92 Å². The topological polar surface area (TPSA) is 135 Å². The number of piperidine rings is 1. The Hall–Kier alpha value is -4.08. The smallest absolute Gasteiger partial charge is 0.262 e. The lowest BCUT2D eigenvalue weighted by molar-refractivity contribution is -0.140. The number of carbonyl (C=O) groups excluding carboxylic acids is 5. The molecule has 0 aliphatic carbocycles. The van der Waals surface area contributed by atoms with Gasteiger partial charge in [0.05, 0.1) is 23.3 Å². The minimum absolute atomic E-state index is 0.0351. The van der Waals surface area contributed by atoms with Gasteiger partial charge >= 0.3 is 0 Å². The predicted molar refractivity (Wildman–Crippen MR) is 114 cm³/mol. The van der Waals surface area contributed by atoms with Crippen LogP contribution in [0.1, 0.15) is 63.3 Å². The third kappa shape index (κ3) is 3.95. The summed E-state index contributed by atoms with van der Waals surface area (Å²) in [6, 6.07) is 7.86. The van der Waals surface area contributed by atoms with Crippen LogP contribution >= 0.6 is 0 Å². The van der Waals surface area contributed by atoms with Crippen LogP contribution < -0.4 is 15.4 Å². The standard InChI is InChI=1S/C23H22N4O6/c1-3-33-18-7-5-14(12-24-18)19(29)25-11-13-4-6-15-16(10-13)21(31)27(20(15)30)23(2)9-8-17(28)26-22(23)32/h4-7,10,12H,3,8-9,11H2,1-2H3,(H,25,29)(H,26,28,32)/t23-/m0/s1. The summed E-state index contributed by atoms with van der Waals surface area (Å²) in [4.78, 5) is 67.4. The van der Waals surface area contributed by atoms with E-state index in [1.54, 1.807) is 18.2 Å². The molecule has 2 aromatic rings. The Morgan fingerprint density at radius 1 is 1.15 bits per heavy atom. The summed E-state index contributed by atoms with van der Waals surface area (Å²) >= 11 is 0. The Morgan fingerprint density at radius 2 is 1.91 bits per heavy atom. The maximum atomic E-state index is 13.1. The normalized spacial score (nSPS) is 19.9. The number of benzene rings is 1. The van der Waals surface area contributed by atoms with Crippen LogP contribution in [-0.2, 0) is 16.1 Å². The van der Waals surface area contributed by atoms with E-state index in [-0.39, 0.29) is 36.4 Å². The molecular formula is C23H22N4O6. The van der Waals surface area contributed by atoms with Crippen molar-refractivity contribution >= 4 is 29.5 Å². The minimum atomic E-state index is -1.45. The molecule has 2 aliphatic heterocycles. The van der Waals surface area contributed by atoms with Crippen LogP contribution in [0.2, 0.25) is 0 Å². The van der Waals surface area contributed by atoms with E-state index in [0.717, 1.165) is 4.90 Å². The zero-order valence-electron chi connectivity index (χ0n) is 18.1. The number of nitrogens with zero attached hydrogens (tertiary/aromatic N) is 2. The molecule has 1 aromatic carbocycles. The van der Waals surface area contributed by atoms with Gasteiger partial charge in [-0.2, -0.15) is 0 Å². The van der Waals surface area contributed by atoms with Gasteiger partial charge in [0.2, 0.25) is 11.8 Å². The fourth-order valence-electron chi connectivity index (χ4n) is 3.89. The van der Waals surface area contributed by atoms with E-state index in [0.29, 0.717) is 23.6 Å². The van der Waals surface area contributed by atoms with Crippen LogP contribution in [0.15, 0.2) is 36.5 Å². The molecule has 1 saturated heterocycles. The lowest BCUT2D eigenvalue weighted by Crippen LogP contribution is -2.62. The van der Waals surface area contributed by atoms with E-state index < -0.39 is 29.2 Å². The van der Waals surface area contributed by atoms with Crippen LogP contribution in [-0.4, -0.2) is 51.6 Å². The second kappa shape index (κ2) is 8.45. The number of aromatic nitrogens is 1. The molecule has 0 spiro atoms. The number of pyridine rings is 1. The Bertz CT molecular complexity index is 1180. The first-order valence-corrected chi connectivity index (χ1v) is 10.5. The van der Waals surface area contributed by atoms with Crippen molar-refractivity contribution in [2.75, 3.05) is 6.61 Å². The van der Waals surface area contributed by atoms with Gasteiger partial charge in [-0.05, 0) is 44.0 Å². The highest BCUT2D eigenvalue weighted by molar-refractivity contribution is 6.24. The van der Waals surface area contributed by atoms with Gasteiger partial charge in [-0.25, -0.2) is 4.98 Å². The largest absolute Gasteiger partial charge is 0.478 e. The number of hydrogen-bond donors (Lipinski definition) is 2. The molecule has 0 radical (unpaired) electrons. The summed E-state index contributed by atoms with van der Waals surface area (Å²) in [5, 5.41) is 4.95. The average Bonchev–Trinajstić information content (AvgIpc) is 3.05. The van der Waals surface area contributed by atoms with E-state index in [9.17, 15) is 24.0 Å². The first-order valence-electron chi connectivity index (χ1n) is 10.5. The van der Waals surface area contributed by atoms with Crippen LogP contribution in [0.4, 0.5) is 0 Å². The summed E-state index contributed by atoms with van der Waals surface area (Å²) in [5.74, 6) is -2.24. The maximum Gasteiger partial charge on any atom is 0.262 e. The highest BCUT2D eigenvalue weighted by Gasteiger charge is 2.52. The lowest BCUT2D eigenvalue weighted by atomic mass is 9.89. The highest BCUT2D eigenvalue weighted by atomic mass is 16.5. The zero-order chi connectivity index (χ0) is 23.8. The monoisotopic (exact) mass is 450 g/mol. The summed E-state index contributed by atoms with van der Waals surface area (Å²) in [5.41, 5.74) is -0.159. The van der Waals surface area contributed by atoms with Crippen molar-refractivity contribution in [2.24, 2.45) is 0 Å². The molecule has 170 valence electrons. The van der Waals surface area contributed by atoms with E-state index in [2.05, 4.69) is 15.6 Å². The number of nitrogens with one attached hydrogen (secondary N) is 2. The Labute approximate surface area is 189 Å². The average molecular weight is 450 g/mol. The van der Waals surface area contributed by atoms with Crippen molar-refractivity contribution in [3.8, 4) is 5.88 Å². The van der Waals surface area contributed by atoms with Gasteiger partial charge in [-0.1, -0.05) is 6.07 Å². The molecule has 10 heteroatoms. The third-order valence-corrected chi connectivity index (χ3v) is 5.77. The summed E-state index contributed by atoms with van der Waals surface area (Å²) < 4.78 is 5.25. The number of carbonyl (C=O) groups is 5. The van der Waals surface area contributed by atoms with E-state index in [4.69, 9.17) is 4.74 Å². The van der Waals surface area contributed by atoms with Crippen LogP contribution in [0.3, 0.4) is 0 Å². The van der Waals surface area contributed by atoms with Gasteiger partial charge in [-0.3, -0.25) is 34.2 Å². The third-order valence-electron chi connectivity index (χ3n) is 5.77. The van der Waals surface area contributed by atoms with E-state index in [1.165, 1.54) is 25.3 Å². The highest BCUT2D eigenvalue weighted by Crippen LogP contribution is 2.34. The molecule has 1 aromatic heterocycles. The Kier molecular flexibility index (Phi) is 5.67. The molecule has 2 aliphatic rings. The van der Waals surface area contributed by atoms with Crippen molar-refractivity contribution in [1.29, 1.82) is 0 Å². The number of fused-ring (bicyclic) bond motifs is 1. The van der Waals surface area contributed by atoms with Gasteiger partial charge < -0.3 is 10.1 Å². The van der Waals surface area contributed by atoms with Gasteiger partial charge in [0.1, 0.15) is 5.54 Å². The number of ether oxygens (including phenoxy) is 1. The Morgan fingerprint density at radius 3 is 2.58 bits per heavy atom. The molecule has 0 bridgehead atoms. The number of rotatable bonds is 6. The number of hydrogen-bond acceptors (Lipinski definition) is 7. The molecule has 33 heavy (non-hydrogen) atoms. The van der Waals surface area contributed by atoms with E-state index >= 15 is 0 Å². The van der Waals surface area contributed by atoms with Crippen molar-refractivity contribution in [1.82, 2.24) is 20.5 Å². The van der Waals surface area contributed by atoms with Crippen molar-refractivity contribution in [3.63, 3.8) is 0 Å². The lowest BCUT2D eigenvalue weighted by Gasteiger charge is -2.38. The van der Waals surface area contributed by atoms with Gasteiger partial charge in [-0.15, -0.1) is 0 Å². The second-order valence-electron chi connectivity index (χ2n) is 7.98. The van der Waals surface area contributed by atoms with Crippen LogP contribution in [0.25, 0.3) is 0 Å². The molecule has 0 saturated carbocycles. The molecular weight excluding hydrogens is 428 g/mol. The maximum absolute atomic E-state index is 13.1. The van der Waals surface area contributed by atoms with Crippen LogP contribution in [0, 0.1) is 0 Å². The minimum Gasteiger partial charge on any atom is -0.478 e. The molecule has 1 atom stereocenters. The molecule has 2 N–H and O–H groups in total. The molecule has 4 rings (SSSR count). The van der Waals surface area contributed by atoms with Gasteiger partial charge in [0.25, 0.3) is 23.6 Å². The number of amides is 5. The molecule has 3 heterocycles. The van der Waals surface area contributed by atoms with Crippen molar-refractivity contribution < 1.29 is 28.7 Å². The van der Waals surface area contributed by atoms with Crippen molar-refractivity contribution in [2.45, 2.75) is 38.8 Å². The second-order valence-corrected chi connectivity index (χ2v) is 7.98. The molecule has 1 fully saturated rings. The SMILES string of the molecule is CCOc1ccc(C(=O)NCc2ccc3c(c2)C(=O)N([C@@]2(C)CCC(=O)NC2=O)C3=O)cn1. The zero-order valence-corrected chi connectivity index (χ0v) is 18.1. The summed E-state index contributed by atoms with van der Waals surface area (Å²) in [6.45, 7) is 3.90. The Balaban J connectivity index is 1.48. The number of imide groups is 2. The quantitative estimate of drug-likeness (QED) is 0.632. The van der Waals surface area contributed by atoms with Crippen molar-refractivity contribution in [3.05, 3.63) is 58.8 Å². The molecule has 10 nitrogen and oxygen atoms in total.